The minimum atomic E-state index is -3.60. The van der Waals surface area contributed by atoms with Gasteiger partial charge in [0.05, 0.1) is 34.1 Å². The van der Waals surface area contributed by atoms with Crippen molar-refractivity contribution in [3.8, 4) is 10.4 Å². The molecule has 1 amide bonds. The summed E-state index contributed by atoms with van der Waals surface area (Å²) in [7, 11) is -3.60. The first-order valence-corrected chi connectivity index (χ1v) is 15.2. The van der Waals surface area contributed by atoms with Crippen LogP contribution in [0, 0.1) is 6.92 Å². The molecule has 1 saturated heterocycles. The fraction of sp³-hybridized carbons (Fsp3) is 0.500. The van der Waals surface area contributed by atoms with Gasteiger partial charge in [-0.05, 0) is 58.6 Å². The SMILES string of the molecule is Cc1cc(Nc2ccc(-c3cnc(C4CCC(NC(=O)OC(C)C)CC4)s3)c(S(=O)(=O)C3COC3)c2)n[nH]1. The molecule has 204 valence electrons. The second-order valence-corrected chi connectivity index (χ2v) is 13.4. The Labute approximate surface area is 226 Å². The molecule has 2 aliphatic rings. The number of nitrogens with zero attached hydrogens (tertiary/aromatic N) is 2. The van der Waals surface area contributed by atoms with Gasteiger partial charge in [-0.25, -0.2) is 18.2 Å². The highest BCUT2D eigenvalue weighted by molar-refractivity contribution is 7.92. The number of thiazole rings is 1. The molecule has 5 rings (SSSR count). The summed E-state index contributed by atoms with van der Waals surface area (Å²) >= 11 is 1.54. The molecule has 1 aromatic carbocycles. The number of ether oxygens (including phenoxy) is 2. The van der Waals surface area contributed by atoms with Crippen LogP contribution in [0.2, 0.25) is 0 Å². The van der Waals surface area contributed by atoms with Crippen LogP contribution in [0.3, 0.4) is 0 Å². The smallest absolute Gasteiger partial charge is 0.407 e. The third kappa shape index (κ3) is 5.87. The average molecular weight is 560 g/mol. The molecule has 0 spiro atoms. The molecule has 0 atom stereocenters. The van der Waals surface area contributed by atoms with Crippen molar-refractivity contribution in [3.05, 3.63) is 41.2 Å². The van der Waals surface area contributed by atoms with Gasteiger partial charge in [0.25, 0.3) is 0 Å². The molecule has 12 heteroatoms. The van der Waals surface area contributed by atoms with Crippen LogP contribution in [-0.4, -0.2) is 60.3 Å². The van der Waals surface area contributed by atoms with E-state index in [1.807, 2.05) is 39.0 Å². The summed E-state index contributed by atoms with van der Waals surface area (Å²) < 4.78 is 37.5. The van der Waals surface area contributed by atoms with E-state index < -0.39 is 15.1 Å². The van der Waals surface area contributed by atoms with Crippen molar-refractivity contribution in [2.75, 3.05) is 18.5 Å². The molecule has 1 saturated carbocycles. The Morgan fingerprint density at radius 1 is 1.18 bits per heavy atom. The quantitative estimate of drug-likeness (QED) is 0.354. The van der Waals surface area contributed by atoms with E-state index >= 15 is 0 Å². The molecule has 2 aromatic heterocycles. The van der Waals surface area contributed by atoms with Crippen LogP contribution in [-0.2, 0) is 19.3 Å². The zero-order valence-electron chi connectivity index (χ0n) is 21.7. The molecule has 10 nitrogen and oxygen atoms in total. The largest absolute Gasteiger partial charge is 0.447 e. The number of aromatic amines is 1. The number of benzene rings is 1. The predicted octanol–water partition coefficient (Wildman–Crippen LogP) is 4.92. The van der Waals surface area contributed by atoms with Crippen LogP contribution in [0.1, 0.15) is 56.2 Å². The number of alkyl carbamates (subject to hydrolysis) is 1. The molecular formula is C26H33N5O5S2. The first-order chi connectivity index (χ1) is 18.2. The molecule has 0 unspecified atom stereocenters. The normalized spacial score (nSPS) is 20.2. The standard InChI is InChI=1S/C26H33N5O5S2/c1-15(2)36-26(32)29-18-6-4-17(5-7-18)25-27-12-22(37-25)21-9-8-19(28-24-10-16(3)30-31-24)11-23(21)38(33,34)20-13-35-14-20/h8-12,15,17-18,20H,4-7,13-14H2,1-3H3,(H,29,32)(H2,28,30,31). The van der Waals surface area contributed by atoms with Crippen molar-refractivity contribution in [3.63, 3.8) is 0 Å². The number of amides is 1. The molecule has 2 fully saturated rings. The third-order valence-corrected chi connectivity index (χ3v) is 10.1. The summed E-state index contributed by atoms with van der Waals surface area (Å²) in [5.41, 5.74) is 2.20. The van der Waals surface area contributed by atoms with E-state index in [0.29, 0.717) is 17.1 Å². The number of rotatable bonds is 8. The van der Waals surface area contributed by atoms with Crippen molar-refractivity contribution in [1.29, 1.82) is 0 Å². The number of aromatic nitrogens is 3. The van der Waals surface area contributed by atoms with Gasteiger partial charge in [-0.3, -0.25) is 5.10 Å². The zero-order chi connectivity index (χ0) is 26.9. The maximum absolute atomic E-state index is 13.5. The van der Waals surface area contributed by atoms with Crippen LogP contribution in [0.15, 0.2) is 35.4 Å². The van der Waals surface area contributed by atoms with Gasteiger partial charge >= 0.3 is 6.09 Å². The summed E-state index contributed by atoms with van der Waals surface area (Å²) in [6, 6.07) is 7.33. The number of hydrogen-bond donors (Lipinski definition) is 3. The van der Waals surface area contributed by atoms with Gasteiger partial charge in [0.15, 0.2) is 15.7 Å². The monoisotopic (exact) mass is 559 g/mol. The van der Waals surface area contributed by atoms with Gasteiger partial charge in [-0.1, -0.05) is 6.07 Å². The number of hydrogen-bond acceptors (Lipinski definition) is 9. The van der Waals surface area contributed by atoms with Gasteiger partial charge in [0.2, 0.25) is 0 Å². The number of nitrogens with one attached hydrogen (secondary N) is 3. The Kier molecular flexibility index (Phi) is 7.73. The second kappa shape index (κ2) is 11.0. The third-order valence-electron chi connectivity index (χ3n) is 6.84. The number of anilines is 2. The van der Waals surface area contributed by atoms with Crippen molar-refractivity contribution < 1.29 is 22.7 Å². The molecule has 38 heavy (non-hydrogen) atoms. The lowest BCUT2D eigenvalue weighted by Gasteiger charge is -2.28. The highest BCUT2D eigenvalue weighted by atomic mass is 32.2. The van der Waals surface area contributed by atoms with Gasteiger partial charge in [0, 0.05) is 41.2 Å². The molecule has 1 aliphatic carbocycles. The topological polar surface area (TPSA) is 135 Å². The Morgan fingerprint density at radius 2 is 1.95 bits per heavy atom. The highest BCUT2D eigenvalue weighted by Gasteiger charge is 2.36. The van der Waals surface area contributed by atoms with Crippen LogP contribution in [0.25, 0.3) is 10.4 Å². The Bertz CT molecular complexity index is 1390. The Hall–Kier alpha value is -2.96. The average Bonchev–Trinajstić information content (AvgIpc) is 3.47. The van der Waals surface area contributed by atoms with E-state index in [0.717, 1.165) is 41.3 Å². The van der Waals surface area contributed by atoms with Gasteiger partial charge in [-0.15, -0.1) is 11.3 Å². The van der Waals surface area contributed by atoms with Crippen LogP contribution < -0.4 is 10.6 Å². The molecule has 0 bridgehead atoms. The summed E-state index contributed by atoms with van der Waals surface area (Å²) in [4.78, 5) is 17.7. The first kappa shape index (κ1) is 26.6. The molecule has 3 aromatic rings. The van der Waals surface area contributed by atoms with E-state index in [1.165, 1.54) is 0 Å². The van der Waals surface area contributed by atoms with Crippen LogP contribution >= 0.6 is 11.3 Å². The van der Waals surface area contributed by atoms with Crippen molar-refractivity contribution in [2.24, 2.45) is 0 Å². The summed E-state index contributed by atoms with van der Waals surface area (Å²) in [5.74, 6) is 0.894. The van der Waals surface area contributed by atoms with E-state index in [9.17, 15) is 13.2 Å². The molecule has 0 radical (unpaired) electrons. The minimum Gasteiger partial charge on any atom is -0.447 e. The van der Waals surface area contributed by atoms with E-state index in [-0.39, 0.29) is 42.3 Å². The van der Waals surface area contributed by atoms with Crippen LogP contribution in [0.5, 0.6) is 0 Å². The number of H-pyrrole nitrogens is 1. The van der Waals surface area contributed by atoms with E-state index in [2.05, 4.69) is 20.8 Å². The Balaban J connectivity index is 1.34. The lowest BCUT2D eigenvalue weighted by Crippen LogP contribution is -2.40. The summed E-state index contributed by atoms with van der Waals surface area (Å²) in [6.07, 6.45) is 4.75. The lowest BCUT2D eigenvalue weighted by molar-refractivity contribution is 0.0416. The fourth-order valence-corrected chi connectivity index (χ4v) is 7.62. The maximum atomic E-state index is 13.5. The number of aryl methyl sites for hydroxylation is 1. The lowest BCUT2D eigenvalue weighted by atomic mass is 9.86. The van der Waals surface area contributed by atoms with Gasteiger partial charge in [0.1, 0.15) is 5.25 Å². The Morgan fingerprint density at radius 3 is 2.58 bits per heavy atom. The van der Waals surface area contributed by atoms with Crippen molar-refractivity contribution >= 4 is 38.8 Å². The molecule has 3 N–H and O–H groups in total. The number of carbonyl (C=O) groups excluding carboxylic acids is 1. The van der Waals surface area contributed by atoms with Crippen molar-refractivity contribution in [1.82, 2.24) is 20.5 Å². The van der Waals surface area contributed by atoms with E-state index in [4.69, 9.17) is 14.5 Å². The zero-order valence-corrected chi connectivity index (χ0v) is 23.3. The number of carbonyl (C=O) groups is 1. The highest BCUT2D eigenvalue weighted by Crippen LogP contribution is 2.41. The second-order valence-electron chi connectivity index (χ2n) is 10.2. The molecular weight excluding hydrogens is 526 g/mol. The minimum absolute atomic E-state index is 0.0942. The van der Waals surface area contributed by atoms with Crippen LogP contribution in [0.4, 0.5) is 16.3 Å². The van der Waals surface area contributed by atoms with Gasteiger partial charge < -0.3 is 20.1 Å². The number of sulfone groups is 1. The summed E-state index contributed by atoms with van der Waals surface area (Å²) in [6.45, 7) is 5.97. The van der Waals surface area contributed by atoms with E-state index in [1.54, 1.807) is 23.6 Å². The summed E-state index contributed by atoms with van der Waals surface area (Å²) in [5, 5.41) is 13.7. The molecule has 3 heterocycles. The molecule has 1 aliphatic heterocycles. The van der Waals surface area contributed by atoms with Gasteiger partial charge in [-0.2, -0.15) is 5.10 Å². The first-order valence-electron chi connectivity index (χ1n) is 12.9. The maximum Gasteiger partial charge on any atom is 0.407 e. The fourth-order valence-electron chi connectivity index (χ4n) is 4.74. The van der Waals surface area contributed by atoms with Crippen molar-refractivity contribution in [2.45, 2.75) is 74.7 Å². The predicted molar refractivity (Wildman–Crippen MR) is 146 cm³/mol.